The van der Waals surface area contributed by atoms with Crippen molar-refractivity contribution < 1.29 is 27.9 Å². The van der Waals surface area contributed by atoms with Gasteiger partial charge in [-0.05, 0) is 28.8 Å². The molecule has 15 heteroatoms. The van der Waals surface area contributed by atoms with Crippen molar-refractivity contribution in [2.75, 3.05) is 23.3 Å². The summed E-state index contributed by atoms with van der Waals surface area (Å²) in [6.45, 7) is 1.93. The number of carbonyl (C=O) groups excluding carboxylic acids is 1. The number of nitrogens with one attached hydrogen (secondary N) is 2. The van der Waals surface area contributed by atoms with E-state index in [1.165, 1.54) is 24.2 Å². The first-order chi connectivity index (χ1) is 16.0. The first kappa shape index (κ1) is 24.3. The Kier molecular flexibility index (Phi) is 6.78. The van der Waals surface area contributed by atoms with E-state index in [9.17, 15) is 18.0 Å². The number of piperidine rings is 2. The molecular formula is C19H19BrF3N7O3S. The van der Waals surface area contributed by atoms with Crippen LogP contribution in [-0.2, 0) is 11.8 Å². The van der Waals surface area contributed by atoms with Gasteiger partial charge >= 0.3 is 12.1 Å². The summed E-state index contributed by atoms with van der Waals surface area (Å²) in [6.07, 6.45) is 0.885. The van der Waals surface area contributed by atoms with Crippen molar-refractivity contribution in [3.8, 4) is 0 Å². The number of anilines is 2. The molecule has 3 aliphatic heterocycles. The number of hydrogen-bond donors (Lipinski definition) is 3. The molecule has 2 atom stereocenters. The Morgan fingerprint density at radius 1 is 1.35 bits per heavy atom. The molecule has 1 amide bonds. The number of carboxylic acids is 1. The van der Waals surface area contributed by atoms with Crippen molar-refractivity contribution in [2.45, 2.75) is 31.1 Å². The summed E-state index contributed by atoms with van der Waals surface area (Å²) in [5.41, 5.74) is 1.83. The Hall–Kier alpha value is -2.78. The molecule has 2 bridgehead atoms. The fraction of sp³-hybridized carbons (Fsp3) is 0.421. The maximum atomic E-state index is 12.8. The fourth-order valence-corrected chi connectivity index (χ4v) is 5.11. The third-order valence-corrected chi connectivity index (χ3v) is 6.89. The van der Waals surface area contributed by atoms with Crippen LogP contribution in [0.15, 0.2) is 22.4 Å². The monoisotopic (exact) mass is 561 g/mol. The maximum Gasteiger partial charge on any atom is 0.490 e. The highest BCUT2D eigenvalue weighted by Gasteiger charge is 2.38. The highest BCUT2D eigenvalue weighted by molar-refractivity contribution is 9.10. The fourth-order valence-electron chi connectivity index (χ4n) is 3.82. The molecule has 0 spiro atoms. The van der Waals surface area contributed by atoms with Crippen LogP contribution in [0.4, 0.5) is 24.7 Å². The Balaban J connectivity index is 0.000000344. The number of halogens is 4. The molecule has 3 aromatic heterocycles. The quantitative estimate of drug-likeness (QED) is 0.445. The zero-order valence-corrected chi connectivity index (χ0v) is 20.0. The normalized spacial score (nSPS) is 19.6. The minimum absolute atomic E-state index is 0.205. The number of carbonyl (C=O) groups is 2. The van der Waals surface area contributed by atoms with Crippen LogP contribution in [0.3, 0.4) is 0 Å². The molecule has 182 valence electrons. The van der Waals surface area contributed by atoms with E-state index in [2.05, 4.69) is 41.5 Å². The summed E-state index contributed by atoms with van der Waals surface area (Å²) >= 11 is 4.79. The van der Waals surface area contributed by atoms with Gasteiger partial charge in [-0.25, -0.2) is 14.8 Å². The van der Waals surface area contributed by atoms with Crippen molar-refractivity contribution in [2.24, 2.45) is 7.05 Å². The molecule has 6 rings (SSSR count). The molecule has 3 aliphatic rings. The SMILES string of the molecule is Cn1cc(NC(=O)c2csc3ncc(N4C[C@@H]5CC[C@H]4CN5)nc23)c(Br)n1.O=C(O)C(F)(F)F. The van der Waals surface area contributed by atoms with Crippen LogP contribution in [0.25, 0.3) is 10.3 Å². The van der Waals surface area contributed by atoms with Crippen molar-refractivity contribution in [3.05, 3.63) is 27.9 Å². The number of carboxylic acid groups (broad SMARTS) is 1. The minimum Gasteiger partial charge on any atom is -0.475 e. The lowest BCUT2D eigenvalue weighted by molar-refractivity contribution is -0.192. The second-order valence-corrected chi connectivity index (χ2v) is 9.39. The summed E-state index contributed by atoms with van der Waals surface area (Å²) in [7, 11) is 1.80. The maximum absolute atomic E-state index is 12.8. The third kappa shape index (κ3) is 5.15. The summed E-state index contributed by atoms with van der Waals surface area (Å²) in [6, 6.07) is 0.963. The molecule has 0 saturated carbocycles. The number of fused-ring (bicyclic) bond motifs is 4. The van der Waals surface area contributed by atoms with E-state index in [1.807, 2.05) is 11.6 Å². The van der Waals surface area contributed by atoms with Crippen LogP contribution >= 0.6 is 27.3 Å². The molecule has 6 heterocycles. The van der Waals surface area contributed by atoms with Crippen LogP contribution in [0.2, 0.25) is 0 Å². The highest BCUT2D eigenvalue weighted by Crippen LogP contribution is 2.30. The van der Waals surface area contributed by atoms with Gasteiger partial charge in [-0.1, -0.05) is 0 Å². The predicted molar refractivity (Wildman–Crippen MR) is 122 cm³/mol. The van der Waals surface area contributed by atoms with Crippen molar-refractivity contribution in [1.82, 2.24) is 25.1 Å². The van der Waals surface area contributed by atoms with Crippen LogP contribution in [0, 0.1) is 0 Å². The smallest absolute Gasteiger partial charge is 0.475 e. The second-order valence-electron chi connectivity index (χ2n) is 7.78. The van der Waals surface area contributed by atoms with Crippen LogP contribution in [0.1, 0.15) is 23.2 Å². The van der Waals surface area contributed by atoms with Crippen LogP contribution < -0.4 is 15.5 Å². The lowest BCUT2D eigenvalue weighted by Crippen LogP contribution is -2.61. The standard InChI is InChI=1S/C17H18BrN7OS.C2HF3O2/c1-24-7-12(15(18)23-24)21-16(26)11-8-27-17-14(11)22-13(5-20-17)25-6-9-2-3-10(25)4-19-9;3-2(4,5)1(6)7/h5,7-10,19H,2-4,6H2,1H3,(H,21,26);(H,6,7)/t9-,10-;/m0./s1. The van der Waals surface area contributed by atoms with Crippen molar-refractivity contribution in [1.29, 1.82) is 0 Å². The predicted octanol–water partition coefficient (Wildman–Crippen LogP) is 3.01. The van der Waals surface area contributed by atoms with Gasteiger partial charge < -0.3 is 20.6 Å². The van der Waals surface area contributed by atoms with Gasteiger partial charge in [-0.2, -0.15) is 18.3 Å². The number of aliphatic carboxylic acids is 1. The zero-order chi connectivity index (χ0) is 24.6. The van der Waals surface area contributed by atoms with Crippen molar-refractivity contribution >= 4 is 61.0 Å². The molecule has 3 fully saturated rings. The summed E-state index contributed by atoms with van der Waals surface area (Å²) in [4.78, 5) is 34.2. The van der Waals surface area contributed by atoms with Gasteiger partial charge in [-0.15, -0.1) is 11.3 Å². The topological polar surface area (TPSA) is 125 Å². The number of amides is 1. The average Bonchev–Trinajstić information content (AvgIpc) is 3.36. The van der Waals surface area contributed by atoms with Gasteiger partial charge in [0.2, 0.25) is 0 Å². The van der Waals surface area contributed by atoms with Gasteiger partial charge in [0.05, 0.1) is 17.4 Å². The summed E-state index contributed by atoms with van der Waals surface area (Å²) in [5, 5.41) is 19.6. The number of nitrogens with zero attached hydrogens (tertiary/aromatic N) is 5. The summed E-state index contributed by atoms with van der Waals surface area (Å²) < 4.78 is 34.0. The van der Waals surface area contributed by atoms with Crippen LogP contribution in [0.5, 0.6) is 0 Å². The average molecular weight is 562 g/mol. The molecule has 0 aliphatic carbocycles. The minimum atomic E-state index is -5.08. The largest absolute Gasteiger partial charge is 0.490 e. The van der Waals surface area contributed by atoms with E-state index in [0.29, 0.717) is 33.5 Å². The number of aryl methyl sites for hydroxylation is 1. The Bertz CT molecular complexity index is 1220. The molecule has 3 aromatic rings. The Morgan fingerprint density at radius 3 is 2.62 bits per heavy atom. The highest BCUT2D eigenvalue weighted by atomic mass is 79.9. The van der Waals surface area contributed by atoms with Crippen molar-refractivity contribution in [3.63, 3.8) is 0 Å². The van der Waals surface area contributed by atoms with Gasteiger partial charge in [0.1, 0.15) is 16.2 Å². The molecule has 0 aromatic carbocycles. The number of rotatable bonds is 3. The van der Waals surface area contributed by atoms with Gasteiger partial charge in [0.25, 0.3) is 5.91 Å². The lowest BCUT2D eigenvalue weighted by atomic mass is 9.93. The molecular weight excluding hydrogens is 543 g/mol. The van der Waals surface area contributed by atoms with E-state index in [-0.39, 0.29) is 5.91 Å². The summed E-state index contributed by atoms with van der Waals surface area (Å²) in [5.74, 6) is -2.11. The van der Waals surface area contributed by atoms with E-state index in [1.54, 1.807) is 17.9 Å². The van der Waals surface area contributed by atoms with E-state index >= 15 is 0 Å². The van der Waals surface area contributed by atoms with Crippen LogP contribution in [-0.4, -0.2) is 68.1 Å². The molecule has 3 saturated heterocycles. The number of thiophene rings is 1. The van der Waals surface area contributed by atoms with E-state index in [0.717, 1.165) is 23.7 Å². The second kappa shape index (κ2) is 9.46. The Morgan fingerprint density at radius 2 is 2.09 bits per heavy atom. The molecule has 34 heavy (non-hydrogen) atoms. The molecule has 0 radical (unpaired) electrons. The number of alkyl halides is 3. The molecule has 0 unspecified atom stereocenters. The van der Waals surface area contributed by atoms with E-state index in [4.69, 9.17) is 14.9 Å². The molecule has 3 N–H and O–H groups in total. The van der Waals surface area contributed by atoms with Gasteiger partial charge in [0.15, 0.2) is 4.60 Å². The molecule has 10 nitrogen and oxygen atoms in total. The zero-order valence-electron chi connectivity index (χ0n) is 17.6. The first-order valence-corrected chi connectivity index (χ1v) is 11.7. The number of piperazine rings is 1. The first-order valence-electron chi connectivity index (χ1n) is 10.1. The van der Waals surface area contributed by atoms with E-state index < -0.39 is 12.1 Å². The third-order valence-electron chi connectivity index (χ3n) is 5.43. The number of hydrogen-bond acceptors (Lipinski definition) is 8. The lowest BCUT2D eigenvalue weighted by Gasteiger charge is -2.46. The number of aromatic nitrogens is 4. The van der Waals surface area contributed by atoms with Gasteiger partial charge in [0, 0.05) is 43.8 Å². The Labute approximate surface area is 203 Å². The van der Waals surface area contributed by atoms with Gasteiger partial charge in [-0.3, -0.25) is 9.48 Å².